The normalized spacial score (nSPS) is 21.2. The lowest BCUT2D eigenvalue weighted by Crippen LogP contribution is -2.35. The minimum Gasteiger partial charge on any atom is -0.392 e. The fraction of sp³-hybridized carbons (Fsp3) is 0.455. The van der Waals surface area contributed by atoms with Gasteiger partial charge in [-0.2, -0.15) is 0 Å². The van der Waals surface area contributed by atoms with E-state index in [2.05, 4.69) is 24.4 Å². The van der Waals surface area contributed by atoms with Crippen LogP contribution in [0.4, 0.5) is 0 Å². The number of benzene rings is 1. The second-order valence-electron chi connectivity index (χ2n) is 3.64. The van der Waals surface area contributed by atoms with Crippen molar-refractivity contribution in [2.45, 2.75) is 26.0 Å². The van der Waals surface area contributed by atoms with Gasteiger partial charge in [-0.05, 0) is 36.6 Å². The number of rotatable bonds is 2. The Morgan fingerprint density at radius 2 is 2.31 bits per heavy atom. The van der Waals surface area contributed by atoms with Gasteiger partial charge in [0, 0.05) is 6.04 Å². The molecule has 1 aromatic rings. The van der Waals surface area contributed by atoms with Crippen LogP contribution < -0.4 is 5.32 Å². The maximum atomic E-state index is 9.01. The summed E-state index contributed by atoms with van der Waals surface area (Å²) in [5.74, 6) is 0. The van der Waals surface area contributed by atoms with Crippen molar-refractivity contribution < 1.29 is 5.11 Å². The summed E-state index contributed by atoms with van der Waals surface area (Å²) in [6.45, 7) is 3.38. The van der Waals surface area contributed by atoms with Gasteiger partial charge in [0.05, 0.1) is 6.61 Å². The maximum absolute atomic E-state index is 9.01. The quantitative estimate of drug-likeness (QED) is 0.718. The zero-order chi connectivity index (χ0) is 9.26. The lowest BCUT2D eigenvalue weighted by Gasteiger charge is -2.29. The zero-order valence-electron chi connectivity index (χ0n) is 7.88. The Morgan fingerprint density at radius 3 is 2.85 bits per heavy atom. The van der Waals surface area contributed by atoms with E-state index in [4.69, 9.17) is 5.11 Å². The summed E-state index contributed by atoms with van der Waals surface area (Å²) in [6.07, 6.45) is 1.22. The van der Waals surface area contributed by atoms with Crippen molar-refractivity contribution in [1.29, 1.82) is 0 Å². The molecule has 0 saturated carbocycles. The van der Waals surface area contributed by atoms with Crippen molar-refractivity contribution in [3.63, 3.8) is 0 Å². The van der Waals surface area contributed by atoms with Crippen molar-refractivity contribution in [1.82, 2.24) is 5.32 Å². The highest BCUT2D eigenvalue weighted by Crippen LogP contribution is 2.26. The van der Waals surface area contributed by atoms with Gasteiger partial charge in [0.25, 0.3) is 0 Å². The smallest absolute Gasteiger partial charge is 0.0681 e. The molecule has 0 spiro atoms. The van der Waals surface area contributed by atoms with E-state index < -0.39 is 0 Å². The molecule has 13 heavy (non-hydrogen) atoms. The highest BCUT2D eigenvalue weighted by molar-refractivity contribution is 5.34. The minimum atomic E-state index is 0.139. The molecule has 2 N–H and O–H groups in total. The lowest BCUT2D eigenvalue weighted by atomic mass is 9.93. The van der Waals surface area contributed by atoms with Gasteiger partial charge < -0.3 is 10.4 Å². The number of aliphatic hydroxyl groups excluding tert-OH is 1. The third kappa shape index (κ3) is 1.60. The first-order chi connectivity index (χ1) is 6.31. The molecule has 0 radical (unpaired) electrons. The predicted molar refractivity (Wildman–Crippen MR) is 52.5 cm³/mol. The van der Waals surface area contributed by atoms with E-state index in [1.165, 1.54) is 17.5 Å². The molecule has 1 aliphatic heterocycles. The SMILES string of the molecule is Cc1ccc(CO)cc1[C@H]1CCN1. The minimum absolute atomic E-state index is 0.139. The molecular weight excluding hydrogens is 162 g/mol. The molecule has 1 saturated heterocycles. The van der Waals surface area contributed by atoms with Crippen molar-refractivity contribution >= 4 is 0 Å². The van der Waals surface area contributed by atoms with Gasteiger partial charge in [-0.25, -0.2) is 0 Å². The van der Waals surface area contributed by atoms with E-state index >= 15 is 0 Å². The monoisotopic (exact) mass is 177 g/mol. The Labute approximate surface area is 78.6 Å². The second kappa shape index (κ2) is 3.48. The molecule has 1 atom stereocenters. The van der Waals surface area contributed by atoms with E-state index in [0.29, 0.717) is 6.04 Å². The van der Waals surface area contributed by atoms with Gasteiger partial charge in [-0.15, -0.1) is 0 Å². The van der Waals surface area contributed by atoms with Gasteiger partial charge in [0.15, 0.2) is 0 Å². The Balaban J connectivity index is 2.30. The van der Waals surface area contributed by atoms with Crippen LogP contribution in [0.15, 0.2) is 18.2 Å². The molecule has 0 aromatic heterocycles. The van der Waals surface area contributed by atoms with Crippen LogP contribution in [-0.4, -0.2) is 11.7 Å². The Hall–Kier alpha value is -0.860. The molecular formula is C11H15NO. The molecule has 1 aromatic carbocycles. The Kier molecular flexibility index (Phi) is 2.34. The van der Waals surface area contributed by atoms with Gasteiger partial charge in [0.1, 0.15) is 0 Å². The van der Waals surface area contributed by atoms with E-state index in [-0.39, 0.29) is 6.61 Å². The summed E-state index contributed by atoms with van der Waals surface area (Å²) in [4.78, 5) is 0. The van der Waals surface area contributed by atoms with Crippen LogP contribution in [0.5, 0.6) is 0 Å². The summed E-state index contributed by atoms with van der Waals surface area (Å²) < 4.78 is 0. The predicted octanol–water partition coefficient (Wildman–Crippen LogP) is 1.52. The van der Waals surface area contributed by atoms with E-state index in [9.17, 15) is 0 Å². The second-order valence-corrected chi connectivity index (χ2v) is 3.64. The zero-order valence-corrected chi connectivity index (χ0v) is 7.88. The van der Waals surface area contributed by atoms with E-state index in [1.807, 2.05) is 6.07 Å². The van der Waals surface area contributed by atoms with Crippen molar-refractivity contribution in [3.05, 3.63) is 34.9 Å². The van der Waals surface area contributed by atoms with Crippen LogP contribution in [-0.2, 0) is 6.61 Å². The maximum Gasteiger partial charge on any atom is 0.0681 e. The molecule has 2 nitrogen and oxygen atoms in total. The molecule has 0 aliphatic carbocycles. The molecule has 0 bridgehead atoms. The van der Waals surface area contributed by atoms with Crippen molar-refractivity contribution in [2.24, 2.45) is 0 Å². The van der Waals surface area contributed by atoms with Crippen LogP contribution >= 0.6 is 0 Å². The summed E-state index contributed by atoms with van der Waals surface area (Å²) in [6, 6.07) is 6.69. The molecule has 2 heteroatoms. The van der Waals surface area contributed by atoms with Gasteiger partial charge >= 0.3 is 0 Å². The molecule has 0 amide bonds. The standard InChI is InChI=1S/C11H15NO/c1-8-2-3-9(7-13)6-10(8)11-4-5-12-11/h2-3,6,11-13H,4-5,7H2,1H3/t11-/m1/s1. The fourth-order valence-electron chi connectivity index (χ4n) is 1.72. The molecule has 1 fully saturated rings. The summed E-state index contributed by atoms with van der Waals surface area (Å²) in [5.41, 5.74) is 3.67. The topological polar surface area (TPSA) is 32.3 Å². The van der Waals surface area contributed by atoms with Crippen LogP contribution in [0.25, 0.3) is 0 Å². The molecule has 2 rings (SSSR count). The Morgan fingerprint density at radius 1 is 1.54 bits per heavy atom. The van der Waals surface area contributed by atoms with Crippen LogP contribution in [0, 0.1) is 6.92 Å². The number of aryl methyl sites for hydroxylation is 1. The van der Waals surface area contributed by atoms with E-state index in [0.717, 1.165) is 12.1 Å². The third-order valence-corrected chi connectivity index (χ3v) is 2.73. The lowest BCUT2D eigenvalue weighted by molar-refractivity contribution is 0.281. The number of hydrogen-bond donors (Lipinski definition) is 2. The number of nitrogens with one attached hydrogen (secondary N) is 1. The number of hydrogen-bond acceptors (Lipinski definition) is 2. The highest BCUT2D eigenvalue weighted by Gasteiger charge is 2.19. The van der Waals surface area contributed by atoms with Gasteiger partial charge in [-0.3, -0.25) is 0 Å². The summed E-state index contributed by atoms with van der Waals surface area (Å²) in [5, 5.41) is 12.4. The molecule has 0 unspecified atom stereocenters. The van der Waals surface area contributed by atoms with Crippen molar-refractivity contribution in [3.8, 4) is 0 Å². The van der Waals surface area contributed by atoms with Gasteiger partial charge in [-0.1, -0.05) is 18.2 Å². The van der Waals surface area contributed by atoms with Crippen LogP contribution in [0.1, 0.15) is 29.2 Å². The van der Waals surface area contributed by atoms with Crippen LogP contribution in [0.2, 0.25) is 0 Å². The summed E-state index contributed by atoms with van der Waals surface area (Å²) in [7, 11) is 0. The first kappa shape index (κ1) is 8.73. The molecule has 70 valence electrons. The highest BCUT2D eigenvalue weighted by atomic mass is 16.3. The van der Waals surface area contributed by atoms with Crippen molar-refractivity contribution in [2.75, 3.05) is 6.54 Å². The Bertz CT molecular complexity index is 305. The van der Waals surface area contributed by atoms with E-state index in [1.54, 1.807) is 0 Å². The largest absolute Gasteiger partial charge is 0.392 e. The number of aliphatic hydroxyl groups is 1. The van der Waals surface area contributed by atoms with Crippen LogP contribution in [0.3, 0.4) is 0 Å². The average Bonchev–Trinajstić information content (AvgIpc) is 2.06. The summed E-state index contributed by atoms with van der Waals surface area (Å²) >= 11 is 0. The fourth-order valence-corrected chi connectivity index (χ4v) is 1.72. The molecule has 1 aliphatic rings. The molecule has 1 heterocycles. The first-order valence-electron chi connectivity index (χ1n) is 4.75. The third-order valence-electron chi connectivity index (χ3n) is 2.73. The average molecular weight is 177 g/mol. The first-order valence-corrected chi connectivity index (χ1v) is 4.75. The van der Waals surface area contributed by atoms with Gasteiger partial charge in [0.2, 0.25) is 0 Å².